The lowest BCUT2D eigenvalue weighted by Gasteiger charge is -2.00. The average molecular weight is 272 g/mol. The molecular weight excluding hydrogens is 267 g/mol. The summed E-state index contributed by atoms with van der Waals surface area (Å²) in [5.41, 5.74) is 0. The van der Waals surface area contributed by atoms with Crippen LogP contribution in [0.25, 0.3) is 5.82 Å². The molecule has 0 unspecified atom stereocenters. The molecule has 0 spiro atoms. The van der Waals surface area contributed by atoms with Gasteiger partial charge in [-0.2, -0.15) is 0 Å². The van der Waals surface area contributed by atoms with Gasteiger partial charge in [-0.05, 0) is 22.6 Å². The van der Waals surface area contributed by atoms with Crippen molar-refractivity contribution in [2.24, 2.45) is 0 Å². The van der Waals surface area contributed by atoms with Gasteiger partial charge in [-0.3, -0.25) is 4.57 Å². The Morgan fingerprint density at radius 2 is 2.25 bits per heavy atom. The maximum atomic E-state index is 4.13. The summed E-state index contributed by atoms with van der Waals surface area (Å²) in [4.78, 5) is 12.0. The number of halogens is 1. The van der Waals surface area contributed by atoms with Crippen LogP contribution < -0.4 is 0 Å². The quantitative estimate of drug-likeness (QED) is 0.734. The van der Waals surface area contributed by atoms with Gasteiger partial charge in [0.1, 0.15) is 12.7 Å². The van der Waals surface area contributed by atoms with E-state index in [1.54, 1.807) is 18.7 Å². The molecule has 0 amide bonds. The summed E-state index contributed by atoms with van der Waals surface area (Å²) in [7, 11) is 0. The maximum Gasteiger partial charge on any atom is 0.154 e. The van der Waals surface area contributed by atoms with Gasteiger partial charge in [0.25, 0.3) is 0 Å². The number of nitrogens with zero attached hydrogens (tertiary/aromatic N) is 4. The van der Waals surface area contributed by atoms with E-state index in [1.165, 1.54) is 6.33 Å². The fourth-order valence-corrected chi connectivity index (χ4v) is 1.46. The maximum absolute atomic E-state index is 4.13. The van der Waals surface area contributed by atoms with Gasteiger partial charge >= 0.3 is 0 Å². The molecule has 12 heavy (non-hydrogen) atoms. The zero-order valence-corrected chi connectivity index (χ0v) is 8.21. The first-order valence-corrected chi connectivity index (χ1v) is 4.39. The molecule has 0 radical (unpaired) electrons. The van der Waals surface area contributed by atoms with E-state index in [0.717, 1.165) is 9.39 Å². The van der Waals surface area contributed by atoms with Crippen molar-refractivity contribution in [2.75, 3.05) is 0 Å². The highest BCUT2D eigenvalue weighted by molar-refractivity contribution is 14.1. The minimum Gasteiger partial charge on any atom is -0.290 e. The Bertz CT molecular complexity index is 371. The van der Waals surface area contributed by atoms with Gasteiger partial charge in [0.05, 0.1) is 3.57 Å². The molecular formula is C7H5IN4. The minimum atomic E-state index is 0.864. The molecule has 4 nitrogen and oxygen atoms in total. The predicted molar refractivity (Wildman–Crippen MR) is 51.9 cm³/mol. The van der Waals surface area contributed by atoms with E-state index in [0.29, 0.717) is 0 Å². The summed E-state index contributed by atoms with van der Waals surface area (Å²) < 4.78 is 2.86. The van der Waals surface area contributed by atoms with Crippen molar-refractivity contribution in [1.29, 1.82) is 0 Å². The molecule has 0 bridgehead atoms. The van der Waals surface area contributed by atoms with E-state index in [4.69, 9.17) is 0 Å². The molecule has 2 heterocycles. The van der Waals surface area contributed by atoms with Crippen LogP contribution in [0, 0.1) is 3.57 Å². The normalized spacial score (nSPS) is 10.1. The predicted octanol–water partition coefficient (Wildman–Crippen LogP) is 1.27. The largest absolute Gasteiger partial charge is 0.290 e. The fraction of sp³-hybridized carbons (Fsp3) is 0. The van der Waals surface area contributed by atoms with E-state index in [2.05, 4.69) is 37.5 Å². The van der Waals surface area contributed by atoms with E-state index in [1.807, 2.05) is 10.8 Å². The fourth-order valence-electron chi connectivity index (χ4n) is 0.881. The molecule has 0 fully saturated rings. The van der Waals surface area contributed by atoms with Crippen molar-refractivity contribution in [2.45, 2.75) is 0 Å². The first-order valence-electron chi connectivity index (χ1n) is 3.32. The van der Waals surface area contributed by atoms with Crippen LogP contribution in [0.5, 0.6) is 0 Å². The van der Waals surface area contributed by atoms with Gasteiger partial charge in [0, 0.05) is 18.6 Å². The second-order valence-corrected chi connectivity index (χ2v) is 3.33. The standard InChI is InChI=1S/C7H5IN4/c8-6-3-10-4-11-7(6)12-2-1-9-5-12/h1-5H. The molecule has 0 N–H and O–H groups in total. The van der Waals surface area contributed by atoms with E-state index < -0.39 is 0 Å². The number of hydrogen-bond acceptors (Lipinski definition) is 3. The molecule has 0 aliphatic rings. The van der Waals surface area contributed by atoms with Crippen LogP contribution in [0.15, 0.2) is 31.2 Å². The summed E-state index contributed by atoms with van der Waals surface area (Å²) in [5, 5.41) is 0. The van der Waals surface area contributed by atoms with E-state index in [9.17, 15) is 0 Å². The monoisotopic (exact) mass is 272 g/mol. The Labute approximate surface area is 82.8 Å². The SMILES string of the molecule is Ic1cncnc1-n1ccnc1. The molecule has 60 valence electrons. The lowest BCUT2D eigenvalue weighted by molar-refractivity contribution is 0.959. The van der Waals surface area contributed by atoms with Crippen molar-refractivity contribution in [3.63, 3.8) is 0 Å². The second kappa shape index (κ2) is 3.18. The number of imidazole rings is 1. The zero-order chi connectivity index (χ0) is 8.39. The van der Waals surface area contributed by atoms with Gasteiger partial charge in [0.2, 0.25) is 0 Å². The van der Waals surface area contributed by atoms with Crippen LogP contribution in [-0.2, 0) is 0 Å². The molecule has 0 saturated heterocycles. The average Bonchev–Trinajstić information content (AvgIpc) is 2.57. The highest BCUT2D eigenvalue weighted by Gasteiger charge is 2.00. The second-order valence-electron chi connectivity index (χ2n) is 2.16. The summed E-state index contributed by atoms with van der Waals surface area (Å²) in [5.74, 6) is 0.864. The molecule has 2 aromatic rings. The van der Waals surface area contributed by atoms with Crippen LogP contribution >= 0.6 is 22.6 Å². The number of rotatable bonds is 1. The Balaban J connectivity index is 2.55. The Kier molecular flexibility index (Phi) is 2.03. The van der Waals surface area contributed by atoms with Crippen molar-refractivity contribution in [1.82, 2.24) is 19.5 Å². The van der Waals surface area contributed by atoms with Gasteiger partial charge in [-0.15, -0.1) is 0 Å². The van der Waals surface area contributed by atoms with Gasteiger partial charge in [-0.1, -0.05) is 0 Å². The van der Waals surface area contributed by atoms with Gasteiger partial charge in [0.15, 0.2) is 5.82 Å². The molecule has 2 aromatic heterocycles. The summed E-state index contributed by atoms with van der Waals surface area (Å²) >= 11 is 2.19. The molecule has 0 aromatic carbocycles. The Hall–Kier alpha value is -0.980. The Morgan fingerprint density at radius 1 is 1.33 bits per heavy atom. The molecule has 0 saturated carbocycles. The van der Waals surface area contributed by atoms with Gasteiger partial charge in [-0.25, -0.2) is 15.0 Å². The van der Waals surface area contributed by atoms with Gasteiger partial charge < -0.3 is 0 Å². The highest BCUT2D eigenvalue weighted by atomic mass is 127. The van der Waals surface area contributed by atoms with Crippen LogP contribution in [0.3, 0.4) is 0 Å². The van der Waals surface area contributed by atoms with Crippen molar-refractivity contribution >= 4 is 22.6 Å². The number of aromatic nitrogens is 4. The first-order chi connectivity index (χ1) is 5.88. The lowest BCUT2D eigenvalue weighted by atomic mass is 10.6. The highest BCUT2D eigenvalue weighted by Crippen LogP contribution is 2.10. The molecule has 2 rings (SSSR count). The van der Waals surface area contributed by atoms with E-state index in [-0.39, 0.29) is 0 Å². The Morgan fingerprint density at radius 3 is 2.92 bits per heavy atom. The van der Waals surface area contributed by atoms with E-state index >= 15 is 0 Å². The lowest BCUT2D eigenvalue weighted by Crippen LogP contribution is -1.97. The van der Waals surface area contributed by atoms with Crippen molar-refractivity contribution in [3.8, 4) is 5.82 Å². The van der Waals surface area contributed by atoms with Crippen LogP contribution in [0.2, 0.25) is 0 Å². The third-order valence-corrected chi connectivity index (χ3v) is 2.16. The first kappa shape index (κ1) is 7.66. The topological polar surface area (TPSA) is 43.6 Å². The molecule has 5 heteroatoms. The smallest absolute Gasteiger partial charge is 0.154 e. The third-order valence-electron chi connectivity index (χ3n) is 1.40. The van der Waals surface area contributed by atoms with Crippen LogP contribution in [0.4, 0.5) is 0 Å². The van der Waals surface area contributed by atoms with Crippen LogP contribution in [0.1, 0.15) is 0 Å². The minimum absolute atomic E-state index is 0.864. The zero-order valence-electron chi connectivity index (χ0n) is 6.05. The summed E-state index contributed by atoms with van der Waals surface area (Å²) in [6.07, 6.45) is 8.58. The van der Waals surface area contributed by atoms with Crippen molar-refractivity contribution in [3.05, 3.63) is 34.8 Å². The van der Waals surface area contributed by atoms with Crippen molar-refractivity contribution < 1.29 is 0 Å². The summed E-state index contributed by atoms with van der Waals surface area (Å²) in [6.45, 7) is 0. The molecule has 0 atom stereocenters. The third kappa shape index (κ3) is 1.31. The van der Waals surface area contributed by atoms with Crippen LogP contribution in [-0.4, -0.2) is 19.5 Å². The molecule has 0 aliphatic carbocycles. The number of hydrogen-bond donors (Lipinski definition) is 0. The summed E-state index contributed by atoms with van der Waals surface area (Å²) in [6, 6.07) is 0. The molecule has 0 aliphatic heterocycles.